The van der Waals surface area contributed by atoms with Crippen LogP contribution in [0.4, 0.5) is 0 Å². The number of nitrogens with zero attached hydrogens (tertiary/aromatic N) is 3. The molecule has 1 aliphatic rings. The van der Waals surface area contributed by atoms with E-state index in [2.05, 4.69) is 15.5 Å². The second-order valence-corrected chi connectivity index (χ2v) is 6.85. The van der Waals surface area contributed by atoms with E-state index in [9.17, 15) is 9.59 Å². The van der Waals surface area contributed by atoms with Crippen LogP contribution in [0.3, 0.4) is 0 Å². The van der Waals surface area contributed by atoms with Gasteiger partial charge in [-0.3, -0.25) is 9.59 Å². The van der Waals surface area contributed by atoms with Gasteiger partial charge in [0, 0.05) is 31.3 Å². The number of hydrogen-bond acceptors (Lipinski definition) is 5. The summed E-state index contributed by atoms with van der Waals surface area (Å²) in [6, 6.07) is 0.310. The van der Waals surface area contributed by atoms with E-state index in [1.54, 1.807) is 7.05 Å². The summed E-state index contributed by atoms with van der Waals surface area (Å²) in [5, 5.41) is 6.78. The molecule has 1 saturated carbocycles. The van der Waals surface area contributed by atoms with E-state index in [0.29, 0.717) is 24.2 Å². The fraction of sp³-hybridized carbons (Fsp3) is 0.733. The lowest BCUT2D eigenvalue weighted by molar-refractivity contribution is -0.134. The van der Waals surface area contributed by atoms with Crippen LogP contribution in [0, 0.1) is 0 Å². The van der Waals surface area contributed by atoms with Gasteiger partial charge in [0.15, 0.2) is 5.82 Å². The van der Waals surface area contributed by atoms with Crippen LogP contribution in [0.15, 0.2) is 4.52 Å². The third-order valence-corrected chi connectivity index (χ3v) is 3.44. The van der Waals surface area contributed by atoms with E-state index >= 15 is 0 Å². The molecule has 122 valence electrons. The minimum absolute atomic E-state index is 0.0897. The number of hydrogen-bond donors (Lipinski definition) is 1. The monoisotopic (exact) mass is 308 g/mol. The van der Waals surface area contributed by atoms with E-state index in [4.69, 9.17) is 4.52 Å². The Bertz CT molecular complexity index is 543. The van der Waals surface area contributed by atoms with Gasteiger partial charge in [-0.1, -0.05) is 25.9 Å². The van der Waals surface area contributed by atoms with Crippen molar-refractivity contribution < 1.29 is 14.1 Å². The van der Waals surface area contributed by atoms with Crippen LogP contribution in [0.2, 0.25) is 0 Å². The maximum Gasteiger partial charge on any atom is 0.239 e. The van der Waals surface area contributed by atoms with Gasteiger partial charge >= 0.3 is 0 Å². The lowest BCUT2D eigenvalue weighted by atomic mass is 9.96. The van der Waals surface area contributed by atoms with Gasteiger partial charge in [-0.15, -0.1) is 0 Å². The van der Waals surface area contributed by atoms with E-state index in [1.807, 2.05) is 20.8 Å². The van der Waals surface area contributed by atoms with Crippen LogP contribution < -0.4 is 5.32 Å². The zero-order chi connectivity index (χ0) is 16.3. The Hall–Kier alpha value is -1.92. The van der Waals surface area contributed by atoms with Crippen molar-refractivity contribution in [1.29, 1.82) is 0 Å². The van der Waals surface area contributed by atoms with Gasteiger partial charge in [0.05, 0.1) is 6.54 Å². The number of aromatic nitrogens is 2. The Morgan fingerprint density at radius 2 is 2.05 bits per heavy atom. The Labute approximate surface area is 130 Å². The number of carbonyl (C=O) groups is 2. The number of aryl methyl sites for hydroxylation is 1. The molecule has 22 heavy (non-hydrogen) atoms. The Kier molecular flexibility index (Phi) is 4.83. The zero-order valence-electron chi connectivity index (χ0n) is 13.7. The molecule has 0 saturated heterocycles. The SMILES string of the molecule is CN(CC(=O)NC1CC1)C(=O)CCc1nc(C(C)(C)C)no1. The van der Waals surface area contributed by atoms with Gasteiger partial charge < -0.3 is 14.7 Å². The van der Waals surface area contributed by atoms with Gasteiger partial charge in [0.25, 0.3) is 0 Å². The molecule has 0 unspecified atom stereocenters. The molecule has 0 bridgehead atoms. The van der Waals surface area contributed by atoms with Crippen LogP contribution >= 0.6 is 0 Å². The maximum atomic E-state index is 12.0. The highest BCUT2D eigenvalue weighted by Crippen LogP contribution is 2.19. The Morgan fingerprint density at radius 1 is 1.36 bits per heavy atom. The first-order chi connectivity index (χ1) is 10.3. The summed E-state index contributed by atoms with van der Waals surface area (Å²) in [6.07, 6.45) is 2.71. The Balaban J connectivity index is 1.76. The topological polar surface area (TPSA) is 88.3 Å². The third kappa shape index (κ3) is 4.82. The van der Waals surface area contributed by atoms with Gasteiger partial charge in [0.1, 0.15) is 0 Å². The molecule has 0 aromatic carbocycles. The fourth-order valence-corrected chi connectivity index (χ4v) is 1.87. The predicted molar refractivity (Wildman–Crippen MR) is 80.1 cm³/mol. The van der Waals surface area contributed by atoms with E-state index in [1.165, 1.54) is 4.90 Å². The summed E-state index contributed by atoms with van der Waals surface area (Å²) >= 11 is 0. The van der Waals surface area contributed by atoms with E-state index in [0.717, 1.165) is 12.8 Å². The van der Waals surface area contributed by atoms with E-state index in [-0.39, 0.29) is 30.2 Å². The summed E-state index contributed by atoms with van der Waals surface area (Å²) in [7, 11) is 1.63. The summed E-state index contributed by atoms with van der Waals surface area (Å²) < 4.78 is 5.15. The van der Waals surface area contributed by atoms with Gasteiger partial charge in [-0.25, -0.2) is 0 Å². The number of carbonyl (C=O) groups excluding carboxylic acids is 2. The summed E-state index contributed by atoms with van der Waals surface area (Å²) in [4.78, 5) is 29.4. The molecule has 0 aliphatic heterocycles. The largest absolute Gasteiger partial charge is 0.352 e. The molecule has 1 aromatic rings. The predicted octanol–water partition coefficient (Wildman–Crippen LogP) is 1.04. The van der Waals surface area contributed by atoms with Crippen LogP contribution in [-0.2, 0) is 21.4 Å². The van der Waals surface area contributed by atoms with Crippen LogP contribution in [0.25, 0.3) is 0 Å². The zero-order valence-corrected chi connectivity index (χ0v) is 13.7. The van der Waals surface area contributed by atoms with Crippen molar-refractivity contribution in [3.8, 4) is 0 Å². The van der Waals surface area contributed by atoms with Crippen molar-refractivity contribution in [2.75, 3.05) is 13.6 Å². The van der Waals surface area contributed by atoms with Crippen molar-refractivity contribution in [3.63, 3.8) is 0 Å². The number of rotatable bonds is 6. The molecule has 0 spiro atoms. The minimum atomic E-state index is -0.177. The van der Waals surface area contributed by atoms with Gasteiger partial charge in [0.2, 0.25) is 17.7 Å². The molecular weight excluding hydrogens is 284 g/mol. The first-order valence-electron chi connectivity index (χ1n) is 7.62. The van der Waals surface area contributed by atoms with Crippen molar-refractivity contribution in [2.24, 2.45) is 0 Å². The summed E-state index contributed by atoms with van der Waals surface area (Å²) in [6.45, 7) is 6.09. The standard InChI is InChI=1S/C15H24N4O3/c1-15(2,3)14-17-12(22-18-14)7-8-13(21)19(4)9-11(20)16-10-5-6-10/h10H,5-9H2,1-4H3,(H,16,20). The fourth-order valence-electron chi connectivity index (χ4n) is 1.87. The quantitative estimate of drug-likeness (QED) is 0.848. The maximum absolute atomic E-state index is 12.0. The van der Waals surface area contributed by atoms with Gasteiger partial charge in [-0.05, 0) is 12.8 Å². The molecule has 1 aromatic heterocycles. The average molecular weight is 308 g/mol. The summed E-state index contributed by atoms with van der Waals surface area (Å²) in [5.41, 5.74) is -0.177. The first kappa shape index (κ1) is 16.5. The molecule has 1 N–H and O–H groups in total. The van der Waals surface area contributed by atoms with E-state index < -0.39 is 0 Å². The van der Waals surface area contributed by atoms with Crippen LogP contribution in [0.5, 0.6) is 0 Å². The third-order valence-electron chi connectivity index (χ3n) is 3.44. The molecule has 2 rings (SSSR count). The Morgan fingerprint density at radius 3 is 2.59 bits per heavy atom. The molecule has 7 heteroatoms. The minimum Gasteiger partial charge on any atom is -0.352 e. The molecule has 7 nitrogen and oxygen atoms in total. The molecule has 1 heterocycles. The highest BCUT2D eigenvalue weighted by molar-refractivity contribution is 5.84. The average Bonchev–Trinajstić information content (AvgIpc) is 3.07. The lowest BCUT2D eigenvalue weighted by Crippen LogP contribution is -2.39. The molecule has 1 fully saturated rings. The van der Waals surface area contributed by atoms with Crippen molar-refractivity contribution >= 4 is 11.8 Å². The second-order valence-electron chi connectivity index (χ2n) is 6.85. The first-order valence-corrected chi connectivity index (χ1v) is 7.62. The van der Waals surface area contributed by atoms with Crippen LogP contribution in [-0.4, -0.2) is 46.5 Å². The smallest absolute Gasteiger partial charge is 0.239 e. The highest BCUT2D eigenvalue weighted by Gasteiger charge is 2.25. The second kappa shape index (κ2) is 6.46. The van der Waals surface area contributed by atoms with Crippen molar-refractivity contribution in [1.82, 2.24) is 20.4 Å². The van der Waals surface area contributed by atoms with Crippen molar-refractivity contribution in [3.05, 3.63) is 11.7 Å². The van der Waals surface area contributed by atoms with Crippen molar-refractivity contribution in [2.45, 2.75) is 57.9 Å². The number of likely N-dealkylation sites (N-methyl/N-ethyl adjacent to an activating group) is 1. The number of amides is 2. The van der Waals surface area contributed by atoms with Crippen LogP contribution in [0.1, 0.15) is 51.7 Å². The molecular formula is C15H24N4O3. The molecule has 0 atom stereocenters. The molecule has 1 aliphatic carbocycles. The normalized spacial score (nSPS) is 14.7. The lowest BCUT2D eigenvalue weighted by Gasteiger charge is -2.16. The highest BCUT2D eigenvalue weighted by atomic mass is 16.5. The molecule has 2 amide bonds. The molecule has 0 radical (unpaired) electrons. The number of nitrogens with one attached hydrogen (secondary N) is 1. The van der Waals surface area contributed by atoms with Gasteiger partial charge in [-0.2, -0.15) is 4.98 Å². The summed E-state index contributed by atoms with van der Waals surface area (Å²) in [5.74, 6) is 0.869.